The van der Waals surface area contributed by atoms with Crippen molar-refractivity contribution in [3.8, 4) is 0 Å². The Morgan fingerprint density at radius 2 is 1.31 bits per heavy atom. The van der Waals surface area contributed by atoms with Crippen LogP contribution in [0.25, 0.3) is 0 Å². The minimum atomic E-state index is -0.514. The maximum atomic E-state index is 13.2. The lowest BCUT2D eigenvalue weighted by molar-refractivity contribution is -0.0683. The SMILES string of the molecule is CCCCC(CCC(CC)OC(=O)c1ccccc1)C(CC)(CCCC)OC(=O)c1ccccc1. The smallest absolute Gasteiger partial charge is 0.338 e. The standard InChI is InChI=1S/C31H44O4/c1-5-9-21-27(22-23-28(7-3)34-29(32)25-17-13-11-14-18-25)31(8-4,24-10-6-2)35-30(33)26-19-15-12-16-20-26/h11-20,27-28H,5-10,21-24H2,1-4H3. The van der Waals surface area contributed by atoms with Crippen LogP contribution >= 0.6 is 0 Å². The Balaban J connectivity index is 2.20. The molecular weight excluding hydrogens is 436 g/mol. The van der Waals surface area contributed by atoms with Crippen molar-refractivity contribution in [3.63, 3.8) is 0 Å². The molecule has 4 nitrogen and oxygen atoms in total. The zero-order valence-corrected chi connectivity index (χ0v) is 22.1. The number of carbonyl (C=O) groups is 2. The molecule has 0 radical (unpaired) electrons. The van der Waals surface area contributed by atoms with Gasteiger partial charge < -0.3 is 9.47 Å². The Kier molecular flexibility index (Phi) is 12.6. The summed E-state index contributed by atoms with van der Waals surface area (Å²) in [7, 11) is 0. The van der Waals surface area contributed by atoms with Crippen LogP contribution in [0, 0.1) is 5.92 Å². The molecular formula is C31H44O4. The lowest BCUT2D eigenvalue weighted by Crippen LogP contribution is -2.43. The van der Waals surface area contributed by atoms with Gasteiger partial charge in [-0.15, -0.1) is 0 Å². The third kappa shape index (κ3) is 8.83. The molecule has 0 bridgehead atoms. The number of carbonyl (C=O) groups excluding carboxylic acids is 2. The molecule has 0 aliphatic rings. The van der Waals surface area contributed by atoms with Gasteiger partial charge in [-0.3, -0.25) is 0 Å². The minimum Gasteiger partial charge on any atom is -0.459 e. The van der Waals surface area contributed by atoms with Crippen molar-refractivity contribution in [2.45, 2.75) is 104 Å². The average molecular weight is 481 g/mol. The van der Waals surface area contributed by atoms with Crippen LogP contribution in [0.3, 0.4) is 0 Å². The highest BCUT2D eigenvalue weighted by molar-refractivity contribution is 5.90. The summed E-state index contributed by atoms with van der Waals surface area (Å²) in [5.41, 5.74) is 0.662. The lowest BCUT2D eigenvalue weighted by atomic mass is 9.75. The van der Waals surface area contributed by atoms with Crippen LogP contribution in [0.15, 0.2) is 60.7 Å². The van der Waals surface area contributed by atoms with E-state index < -0.39 is 5.60 Å². The molecule has 0 aliphatic heterocycles. The molecule has 4 heteroatoms. The van der Waals surface area contributed by atoms with E-state index in [2.05, 4.69) is 27.7 Å². The van der Waals surface area contributed by atoms with E-state index in [1.807, 2.05) is 48.5 Å². The van der Waals surface area contributed by atoms with Gasteiger partial charge >= 0.3 is 11.9 Å². The number of esters is 2. The van der Waals surface area contributed by atoms with Crippen LogP contribution in [-0.2, 0) is 9.47 Å². The van der Waals surface area contributed by atoms with Gasteiger partial charge in [-0.2, -0.15) is 0 Å². The highest BCUT2D eigenvalue weighted by Crippen LogP contribution is 2.39. The molecule has 2 aromatic rings. The van der Waals surface area contributed by atoms with Crippen LogP contribution in [0.2, 0.25) is 0 Å². The Morgan fingerprint density at radius 3 is 1.83 bits per heavy atom. The monoisotopic (exact) mass is 480 g/mol. The zero-order valence-electron chi connectivity index (χ0n) is 22.1. The second kappa shape index (κ2) is 15.4. The third-order valence-corrected chi connectivity index (χ3v) is 7.08. The largest absolute Gasteiger partial charge is 0.459 e. The molecule has 0 saturated carbocycles. The van der Waals surface area contributed by atoms with Gasteiger partial charge in [0.2, 0.25) is 0 Å². The molecule has 0 fully saturated rings. The molecule has 0 amide bonds. The number of unbranched alkanes of at least 4 members (excludes halogenated alkanes) is 2. The predicted octanol–water partition coefficient (Wildman–Crippen LogP) is 8.40. The third-order valence-electron chi connectivity index (χ3n) is 7.08. The van der Waals surface area contributed by atoms with Gasteiger partial charge in [-0.05, 0) is 75.1 Å². The number of ether oxygens (including phenoxy) is 2. The fourth-order valence-electron chi connectivity index (χ4n) is 4.82. The first-order valence-corrected chi connectivity index (χ1v) is 13.5. The van der Waals surface area contributed by atoms with E-state index in [1.54, 1.807) is 12.1 Å². The molecule has 35 heavy (non-hydrogen) atoms. The number of rotatable bonds is 16. The second-order valence-electron chi connectivity index (χ2n) is 9.50. The van der Waals surface area contributed by atoms with Gasteiger partial charge in [-0.25, -0.2) is 9.59 Å². The van der Waals surface area contributed by atoms with E-state index in [4.69, 9.17) is 9.47 Å². The summed E-state index contributed by atoms with van der Waals surface area (Å²) in [6, 6.07) is 18.5. The number of hydrogen-bond acceptors (Lipinski definition) is 4. The highest BCUT2D eigenvalue weighted by atomic mass is 16.6. The van der Waals surface area contributed by atoms with Crippen LogP contribution in [-0.4, -0.2) is 23.6 Å². The van der Waals surface area contributed by atoms with Crippen molar-refractivity contribution in [1.29, 1.82) is 0 Å². The Labute approximate surface area is 212 Å². The van der Waals surface area contributed by atoms with Gasteiger partial charge in [0, 0.05) is 0 Å². The van der Waals surface area contributed by atoms with Crippen molar-refractivity contribution >= 4 is 11.9 Å². The molecule has 0 heterocycles. The molecule has 3 atom stereocenters. The summed E-state index contributed by atoms with van der Waals surface area (Å²) < 4.78 is 12.3. The predicted molar refractivity (Wildman–Crippen MR) is 143 cm³/mol. The van der Waals surface area contributed by atoms with E-state index in [0.717, 1.165) is 64.2 Å². The van der Waals surface area contributed by atoms with E-state index in [-0.39, 0.29) is 24.0 Å². The van der Waals surface area contributed by atoms with Crippen LogP contribution in [0.1, 0.15) is 113 Å². The van der Waals surface area contributed by atoms with Crippen LogP contribution < -0.4 is 0 Å². The molecule has 0 saturated heterocycles. The van der Waals surface area contributed by atoms with Gasteiger partial charge in [-0.1, -0.05) is 83.4 Å². The summed E-state index contributed by atoms with van der Waals surface area (Å²) >= 11 is 0. The van der Waals surface area contributed by atoms with Crippen molar-refractivity contribution < 1.29 is 19.1 Å². The Bertz CT molecular complexity index is 864. The summed E-state index contributed by atoms with van der Waals surface area (Å²) in [4.78, 5) is 25.8. The summed E-state index contributed by atoms with van der Waals surface area (Å²) in [6.45, 7) is 8.57. The summed E-state index contributed by atoms with van der Waals surface area (Å²) in [5.74, 6) is -0.297. The van der Waals surface area contributed by atoms with Crippen molar-refractivity contribution in [2.24, 2.45) is 5.92 Å². The fourth-order valence-corrected chi connectivity index (χ4v) is 4.82. The first-order chi connectivity index (χ1) is 17.0. The van der Waals surface area contributed by atoms with Crippen molar-refractivity contribution in [3.05, 3.63) is 71.8 Å². The summed E-state index contributed by atoms with van der Waals surface area (Å²) in [5, 5.41) is 0. The van der Waals surface area contributed by atoms with Crippen molar-refractivity contribution in [2.75, 3.05) is 0 Å². The van der Waals surface area contributed by atoms with Gasteiger partial charge in [0.15, 0.2) is 0 Å². The quantitative estimate of drug-likeness (QED) is 0.226. The summed E-state index contributed by atoms with van der Waals surface area (Å²) in [6.07, 6.45) is 9.11. The topological polar surface area (TPSA) is 52.6 Å². The van der Waals surface area contributed by atoms with Crippen LogP contribution in [0.4, 0.5) is 0 Å². The van der Waals surface area contributed by atoms with Crippen LogP contribution in [0.5, 0.6) is 0 Å². The van der Waals surface area contributed by atoms with Gasteiger partial charge in [0.25, 0.3) is 0 Å². The van der Waals surface area contributed by atoms with E-state index in [1.165, 1.54) is 0 Å². The first-order valence-electron chi connectivity index (χ1n) is 13.5. The zero-order chi connectivity index (χ0) is 25.5. The molecule has 0 N–H and O–H groups in total. The van der Waals surface area contributed by atoms with Crippen molar-refractivity contribution in [1.82, 2.24) is 0 Å². The van der Waals surface area contributed by atoms with E-state index >= 15 is 0 Å². The Morgan fingerprint density at radius 1 is 0.743 bits per heavy atom. The average Bonchev–Trinajstić information content (AvgIpc) is 2.91. The van der Waals surface area contributed by atoms with E-state index in [0.29, 0.717) is 11.1 Å². The second-order valence-corrected chi connectivity index (χ2v) is 9.50. The van der Waals surface area contributed by atoms with E-state index in [9.17, 15) is 9.59 Å². The normalized spacial score (nSPS) is 14.5. The molecule has 3 unspecified atom stereocenters. The highest BCUT2D eigenvalue weighted by Gasteiger charge is 2.40. The molecule has 0 aliphatic carbocycles. The maximum absolute atomic E-state index is 13.2. The molecule has 2 rings (SSSR count). The van der Waals surface area contributed by atoms with Gasteiger partial charge in [0.05, 0.1) is 11.1 Å². The number of benzene rings is 2. The first kappa shape index (κ1) is 28.6. The molecule has 0 spiro atoms. The number of hydrogen-bond donors (Lipinski definition) is 0. The maximum Gasteiger partial charge on any atom is 0.338 e. The Hall–Kier alpha value is -2.62. The molecule has 192 valence electrons. The molecule has 0 aromatic heterocycles. The van der Waals surface area contributed by atoms with Gasteiger partial charge in [0.1, 0.15) is 11.7 Å². The fraction of sp³-hybridized carbons (Fsp3) is 0.548. The molecule has 2 aromatic carbocycles. The lowest BCUT2D eigenvalue weighted by Gasteiger charge is -2.41. The minimum absolute atomic E-state index is 0.155.